The van der Waals surface area contributed by atoms with Gasteiger partial charge in [0.2, 0.25) is 0 Å². The summed E-state index contributed by atoms with van der Waals surface area (Å²) in [6.07, 6.45) is 0. The molecule has 1 aromatic heterocycles. The Morgan fingerprint density at radius 2 is 1.94 bits per heavy atom. The van der Waals surface area contributed by atoms with Crippen molar-refractivity contribution in [2.24, 2.45) is 0 Å². The summed E-state index contributed by atoms with van der Waals surface area (Å²) in [5.41, 5.74) is 1.01. The van der Waals surface area contributed by atoms with Crippen LogP contribution in [0.15, 0.2) is 30.3 Å². The third-order valence-corrected chi connectivity index (χ3v) is 3.15. The van der Waals surface area contributed by atoms with Gasteiger partial charge in [0.15, 0.2) is 0 Å². The molecule has 18 heavy (non-hydrogen) atoms. The van der Waals surface area contributed by atoms with Gasteiger partial charge in [0.05, 0.1) is 27.4 Å². The lowest BCUT2D eigenvalue weighted by molar-refractivity contribution is 1.29. The maximum atomic E-state index is 8.84. The molecule has 0 aliphatic carbocycles. The van der Waals surface area contributed by atoms with Gasteiger partial charge < -0.3 is 5.32 Å². The molecule has 0 aliphatic heterocycles. The van der Waals surface area contributed by atoms with Crippen molar-refractivity contribution < 1.29 is 0 Å². The van der Waals surface area contributed by atoms with Crippen molar-refractivity contribution in [2.45, 2.75) is 0 Å². The smallest absolute Gasteiger partial charge is 0.133 e. The van der Waals surface area contributed by atoms with Crippen molar-refractivity contribution in [1.29, 1.82) is 5.26 Å². The van der Waals surface area contributed by atoms with Gasteiger partial charge in [-0.2, -0.15) is 5.26 Å². The first-order valence-corrected chi connectivity index (χ1v) is 6.02. The van der Waals surface area contributed by atoms with E-state index < -0.39 is 0 Å². The van der Waals surface area contributed by atoms with E-state index in [0.717, 1.165) is 0 Å². The molecule has 0 spiro atoms. The minimum absolute atomic E-state index is 0.231. The fourth-order valence-corrected chi connectivity index (χ4v) is 1.92. The Morgan fingerprint density at radius 1 is 1.17 bits per heavy atom. The molecule has 0 aliphatic rings. The molecule has 0 saturated heterocycles. The molecule has 0 atom stereocenters. The molecule has 3 nitrogen and oxygen atoms in total. The third-order valence-electron chi connectivity index (χ3n) is 2.14. The standard InChI is InChI=1S/C12H6Cl3N3/c13-8-2-1-3-9(12(8)15)17-11-5-7(6-16)4-10(14)18-11/h1-5H,(H,17,18). The van der Waals surface area contributed by atoms with Crippen LogP contribution in [0.3, 0.4) is 0 Å². The number of nitrogens with one attached hydrogen (secondary N) is 1. The molecule has 2 rings (SSSR count). The first kappa shape index (κ1) is 13.0. The summed E-state index contributed by atoms with van der Waals surface area (Å²) in [5.74, 6) is 0.434. The number of nitriles is 1. The van der Waals surface area contributed by atoms with Gasteiger partial charge in [0, 0.05) is 0 Å². The van der Waals surface area contributed by atoms with E-state index in [9.17, 15) is 0 Å². The van der Waals surface area contributed by atoms with Crippen molar-refractivity contribution >= 4 is 46.3 Å². The quantitative estimate of drug-likeness (QED) is 0.820. The van der Waals surface area contributed by atoms with E-state index in [-0.39, 0.29) is 5.15 Å². The molecule has 2 aromatic rings. The van der Waals surface area contributed by atoms with Crippen LogP contribution in [-0.2, 0) is 0 Å². The maximum absolute atomic E-state index is 8.84. The second-order valence-electron chi connectivity index (χ2n) is 3.40. The largest absolute Gasteiger partial charge is 0.339 e. The number of rotatable bonds is 2. The van der Waals surface area contributed by atoms with E-state index in [2.05, 4.69) is 10.3 Å². The number of hydrogen-bond donors (Lipinski definition) is 1. The van der Waals surface area contributed by atoms with Crippen molar-refractivity contribution in [2.75, 3.05) is 5.32 Å². The van der Waals surface area contributed by atoms with Crippen molar-refractivity contribution in [1.82, 2.24) is 4.98 Å². The molecule has 6 heteroatoms. The predicted molar refractivity (Wildman–Crippen MR) is 73.7 cm³/mol. The highest BCUT2D eigenvalue weighted by Gasteiger charge is 2.06. The van der Waals surface area contributed by atoms with Crippen LogP contribution in [0.5, 0.6) is 0 Å². The number of hydrogen-bond acceptors (Lipinski definition) is 3. The number of aromatic nitrogens is 1. The average Bonchev–Trinajstić information content (AvgIpc) is 2.34. The van der Waals surface area contributed by atoms with Gasteiger partial charge in [0.1, 0.15) is 11.0 Å². The van der Waals surface area contributed by atoms with Crippen molar-refractivity contribution in [3.05, 3.63) is 51.1 Å². The molecular weight excluding hydrogens is 293 g/mol. The molecule has 0 saturated carbocycles. The van der Waals surface area contributed by atoms with Crippen LogP contribution in [0.4, 0.5) is 11.5 Å². The number of benzene rings is 1. The van der Waals surface area contributed by atoms with Crippen LogP contribution in [0.1, 0.15) is 5.56 Å². The predicted octanol–water partition coefficient (Wildman–Crippen LogP) is 4.66. The first-order valence-electron chi connectivity index (χ1n) is 4.89. The monoisotopic (exact) mass is 297 g/mol. The summed E-state index contributed by atoms with van der Waals surface area (Å²) in [4.78, 5) is 4.05. The average molecular weight is 299 g/mol. The fraction of sp³-hybridized carbons (Fsp3) is 0. The highest BCUT2D eigenvalue weighted by molar-refractivity contribution is 6.43. The van der Waals surface area contributed by atoms with Gasteiger partial charge in [-0.25, -0.2) is 4.98 Å². The SMILES string of the molecule is N#Cc1cc(Cl)nc(Nc2cccc(Cl)c2Cl)c1. The molecule has 0 bridgehead atoms. The number of anilines is 2. The van der Waals surface area contributed by atoms with Gasteiger partial charge in [-0.05, 0) is 24.3 Å². The van der Waals surface area contributed by atoms with Gasteiger partial charge in [-0.3, -0.25) is 0 Å². The van der Waals surface area contributed by atoms with Gasteiger partial charge in [0.25, 0.3) is 0 Å². The zero-order valence-corrected chi connectivity index (χ0v) is 11.2. The Balaban J connectivity index is 2.37. The lowest BCUT2D eigenvalue weighted by Gasteiger charge is -2.09. The first-order chi connectivity index (χ1) is 8.60. The normalized spacial score (nSPS) is 9.89. The molecular formula is C12H6Cl3N3. The second-order valence-corrected chi connectivity index (χ2v) is 4.57. The second kappa shape index (κ2) is 5.45. The van der Waals surface area contributed by atoms with Crippen LogP contribution in [0.25, 0.3) is 0 Å². The van der Waals surface area contributed by atoms with Crippen LogP contribution < -0.4 is 5.32 Å². The summed E-state index contributed by atoms with van der Waals surface area (Å²) >= 11 is 17.7. The van der Waals surface area contributed by atoms with Crippen molar-refractivity contribution in [3.63, 3.8) is 0 Å². The lowest BCUT2D eigenvalue weighted by Crippen LogP contribution is -1.95. The van der Waals surface area contributed by atoms with E-state index >= 15 is 0 Å². The van der Waals surface area contributed by atoms with E-state index in [1.807, 2.05) is 6.07 Å². The van der Waals surface area contributed by atoms with Crippen molar-refractivity contribution in [3.8, 4) is 6.07 Å². The molecule has 0 fully saturated rings. The summed E-state index contributed by atoms with van der Waals surface area (Å²) in [6, 6.07) is 10.2. The van der Waals surface area contributed by atoms with Crippen LogP contribution in [0.2, 0.25) is 15.2 Å². The Labute approximate surface area is 119 Å². The van der Waals surface area contributed by atoms with E-state index in [1.54, 1.807) is 24.3 Å². The van der Waals surface area contributed by atoms with Gasteiger partial charge in [-0.1, -0.05) is 40.9 Å². The minimum atomic E-state index is 0.231. The molecule has 1 N–H and O–H groups in total. The Bertz CT molecular complexity index is 635. The Morgan fingerprint density at radius 3 is 2.67 bits per heavy atom. The molecule has 0 radical (unpaired) electrons. The molecule has 1 heterocycles. The number of halogens is 3. The molecule has 90 valence electrons. The highest BCUT2D eigenvalue weighted by Crippen LogP contribution is 2.31. The minimum Gasteiger partial charge on any atom is -0.339 e. The fourth-order valence-electron chi connectivity index (χ4n) is 1.36. The van der Waals surface area contributed by atoms with Crippen LogP contribution in [0, 0.1) is 11.3 Å². The summed E-state index contributed by atoms with van der Waals surface area (Å²) in [5, 5.41) is 12.9. The van der Waals surface area contributed by atoms with E-state index in [1.165, 1.54) is 6.07 Å². The third kappa shape index (κ3) is 2.85. The number of pyridine rings is 1. The number of nitrogens with zero attached hydrogens (tertiary/aromatic N) is 2. The molecule has 1 aromatic carbocycles. The maximum Gasteiger partial charge on any atom is 0.133 e. The van der Waals surface area contributed by atoms with Gasteiger partial charge >= 0.3 is 0 Å². The summed E-state index contributed by atoms with van der Waals surface area (Å²) in [6.45, 7) is 0. The molecule has 0 unspecified atom stereocenters. The zero-order chi connectivity index (χ0) is 13.1. The Kier molecular flexibility index (Phi) is 3.93. The Hall–Kier alpha value is -1.47. The summed E-state index contributed by atoms with van der Waals surface area (Å²) in [7, 11) is 0. The van der Waals surface area contributed by atoms with Gasteiger partial charge in [-0.15, -0.1) is 0 Å². The van der Waals surface area contributed by atoms with E-state index in [4.69, 9.17) is 40.1 Å². The van der Waals surface area contributed by atoms with Crippen LogP contribution >= 0.6 is 34.8 Å². The van der Waals surface area contributed by atoms with Crippen LogP contribution in [-0.4, -0.2) is 4.98 Å². The zero-order valence-electron chi connectivity index (χ0n) is 8.92. The van der Waals surface area contributed by atoms with E-state index in [0.29, 0.717) is 27.1 Å². The highest BCUT2D eigenvalue weighted by atomic mass is 35.5. The lowest BCUT2D eigenvalue weighted by atomic mass is 10.2. The summed E-state index contributed by atoms with van der Waals surface area (Å²) < 4.78 is 0. The molecule has 0 amide bonds. The topological polar surface area (TPSA) is 48.7 Å².